The van der Waals surface area contributed by atoms with E-state index in [0.29, 0.717) is 17.2 Å². The lowest BCUT2D eigenvalue weighted by molar-refractivity contribution is 0.0514. The summed E-state index contributed by atoms with van der Waals surface area (Å²) in [5, 5.41) is 0. The van der Waals surface area contributed by atoms with Crippen molar-refractivity contribution >= 4 is 11.7 Å². The van der Waals surface area contributed by atoms with Crippen LogP contribution in [0.4, 0.5) is 5.69 Å². The van der Waals surface area contributed by atoms with Gasteiger partial charge in [0.1, 0.15) is 18.1 Å². The van der Waals surface area contributed by atoms with Crippen molar-refractivity contribution in [2.45, 2.75) is 0 Å². The number of furan rings is 1. The lowest BCUT2D eigenvalue weighted by atomic mass is 10.1. The van der Waals surface area contributed by atoms with Crippen molar-refractivity contribution in [3.8, 4) is 17.1 Å². The second kappa shape index (κ2) is 5.97. The zero-order valence-electron chi connectivity index (χ0n) is 11.1. The first-order chi connectivity index (χ1) is 9.65. The molecule has 0 aliphatic rings. The highest BCUT2D eigenvalue weighted by atomic mass is 16.5. The number of methoxy groups -OCH3 is 1. The monoisotopic (exact) mass is 273 g/mol. The Bertz CT molecular complexity index is 631. The van der Waals surface area contributed by atoms with Crippen LogP contribution in [0.2, 0.25) is 0 Å². The van der Waals surface area contributed by atoms with Gasteiger partial charge in [-0.25, -0.2) is 4.79 Å². The lowest BCUT2D eigenvalue weighted by Gasteiger charge is -2.05. The fourth-order valence-corrected chi connectivity index (χ4v) is 1.70. The Morgan fingerprint density at radius 3 is 2.85 bits per heavy atom. The van der Waals surface area contributed by atoms with Gasteiger partial charge in [0.05, 0.1) is 12.8 Å². The number of carbonyl (C=O) groups is 1. The molecular formula is C15H15NO4. The predicted octanol–water partition coefficient (Wildman–Crippen LogP) is 2.88. The van der Waals surface area contributed by atoms with Gasteiger partial charge >= 0.3 is 5.97 Å². The van der Waals surface area contributed by atoms with Crippen molar-refractivity contribution in [2.75, 3.05) is 19.5 Å². The van der Waals surface area contributed by atoms with Crippen LogP contribution in [0, 0.1) is 0 Å². The van der Waals surface area contributed by atoms with Gasteiger partial charge in [0.25, 0.3) is 0 Å². The quantitative estimate of drug-likeness (QED) is 0.515. The fourth-order valence-electron chi connectivity index (χ4n) is 1.70. The third-order valence-corrected chi connectivity index (χ3v) is 2.65. The van der Waals surface area contributed by atoms with Gasteiger partial charge in [-0.15, -0.1) is 0 Å². The van der Waals surface area contributed by atoms with Crippen molar-refractivity contribution in [2.24, 2.45) is 0 Å². The van der Waals surface area contributed by atoms with Crippen molar-refractivity contribution < 1.29 is 18.7 Å². The van der Waals surface area contributed by atoms with E-state index in [9.17, 15) is 4.79 Å². The second-order valence-electron chi connectivity index (χ2n) is 4.01. The van der Waals surface area contributed by atoms with E-state index in [1.54, 1.807) is 37.4 Å². The summed E-state index contributed by atoms with van der Waals surface area (Å²) in [6, 6.07) is 8.50. The summed E-state index contributed by atoms with van der Waals surface area (Å²) in [4.78, 5) is 11.6. The highest BCUT2D eigenvalue weighted by Crippen LogP contribution is 2.29. The molecule has 1 aromatic heterocycles. The normalized spacial score (nSPS) is 10.1. The summed E-state index contributed by atoms with van der Waals surface area (Å²) in [7, 11) is 1.55. The minimum atomic E-state index is -0.530. The molecule has 5 heteroatoms. The molecule has 20 heavy (non-hydrogen) atoms. The Labute approximate surface area is 116 Å². The maximum Gasteiger partial charge on any atom is 0.374 e. The van der Waals surface area contributed by atoms with Crippen LogP contribution in [0.3, 0.4) is 0 Å². The SMILES string of the molecule is C=CCOC(=O)c1ccc(-c2ccc(OC)c(N)c2)o1. The Morgan fingerprint density at radius 1 is 1.40 bits per heavy atom. The van der Waals surface area contributed by atoms with E-state index in [1.165, 1.54) is 6.08 Å². The molecule has 0 unspecified atom stereocenters. The molecule has 1 aromatic carbocycles. The highest BCUT2D eigenvalue weighted by Gasteiger charge is 2.13. The molecular weight excluding hydrogens is 258 g/mol. The van der Waals surface area contributed by atoms with Crippen LogP contribution < -0.4 is 10.5 Å². The standard InChI is InChI=1S/C15H15NO4/c1-3-8-19-15(17)14-7-6-12(20-14)10-4-5-13(18-2)11(16)9-10/h3-7,9H,1,8,16H2,2H3. The molecule has 0 spiro atoms. The van der Waals surface area contributed by atoms with Crippen molar-refractivity contribution in [3.63, 3.8) is 0 Å². The molecule has 0 saturated heterocycles. The van der Waals surface area contributed by atoms with E-state index >= 15 is 0 Å². The molecule has 5 nitrogen and oxygen atoms in total. The molecule has 0 aliphatic heterocycles. The van der Waals surface area contributed by atoms with Gasteiger partial charge in [-0.3, -0.25) is 0 Å². The number of anilines is 1. The minimum Gasteiger partial charge on any atom is -0.495 e. The van der Waals surface area contributed by atoms with Crippen LogP contribution >= 0.6 is 0 Å². The first-order valence-electron chi connectivity index (χ1n) is 5.97. The van der Waals surface area contributed by atoms with Gasteiger partial charge in [0.2, 0.25) is 5.76 Å². The predicted molar refractivity (Wildman–Crippen MR) is 75.6 cm³/mol. The first-order valence-corrected chi connectivity index (χ1v) is 5.97. The zero-order valence-corrected chi connectivity index (χ0v) is 11.1. The summed E-state index contributed by atoms with van der Waals surface area (Å²) >= 11 is 0. The Balaban J connectivity index is 2.22. The van der Waals surface area contributed by atoms with E-state index < -0.39 is 5.97 Å². The second-order valence-corrected chi connectivity index (χ2v) is 4.01. The molecule has 0 fully saturated rings. The summed E-state index contributed by atoms with van der Waals surface area (Å²) in [5.74, 6) is 0.727. The molecule has 2 rings (SSSR count). The van der Waals surface area contributed by atoms with E-state index in [1.807, 2.05) is 0 Å². The Morgan fingerprint density at radius 2 is 2.20 bits per heavy atom. The average molecular weight is 273 g/mol. The third-order valence-electron chi connectivity index (χ3n) is 2.65. The topological polar surface area (TPSA) is 74.7 Å². The van der Waals surface area contributed by atoms with Crippen LogP contribution in [-0.2, 0) is 4.74 Å². The molecule has 0 bridgehead atoms. The number of nitrogen functional groups attached to an aromatic ring is 1. The fraction of sp³-hybridized carbons (Fsp3) is 0.133. The van der Waals surface area contributed by atoms with Crippen LogP contribution in [-0.4, -0.2) is 19.7 Å². The van der Waals surface area contributed by atoms with Gasteiger partial charge < -0.3 is 19.6 Å². The largest absolute Gasteiger partial charge is 0.495 e. The average Bonchev–Trinajstić information content (AvgIpc) is 2.94. The van der Waals surface area contributed by atoms with E-state index in [4.69, 9.17) is 19.6 Å². The van der Waals surface area contributed by atoms with E-state index in [2.05, 4.69) is 6.58 Å². The minimum absolute atomic E-state index is 0.135. The molecule has 0 amide bonds. The van der Waals surface area contributed by atoms with Crippen molar-refractivity contribution in [1.29, 1.82) is 0 Å². The summed E-state index contributed by atoms with van der Waals surface area (Å²) in [6.45, 7) is 3.61. The molecule has 1 heterocycles. The molecule has 2 aromatic rings. The number of carbonyl (C=O) groups excluding carboxylic acids is 1. The number of esters is 1. The molecule has 0 radical (unpaired) electrons. The zero-order chi connectivity index (χ0) is 14.5. The molecule has 104 valence electrons. The lowest BCUT2D eigenvalue weighted by Crippen LogP contribution is -2.03. The summed E-state index contributed by atoms with van der Waals surface area (Å²) in [6.07, 6.45) is 1.49. The first kappa shape index (κ1) is 13.7. The van der Waals surface area contributed by atoms with E-state index in [0.717, 1.165) is 5.56 Å². The molecule has 0 saturated carbocycles. The summed E-state index contributed by atoms with van der Waals surface area (Å²) < 4.78 is 15.4. The van der Waals surface area contributed by atoms with Crippen LogP contribution in [0.25, 0.3) is 11.3 Å². The van der Waals surface area contributed by atoms with Gasteiger partial charge in [-0.1, -0.05) is 12.7 Å². The third kappa shape index (κ3) is 2.83. The number of hydrogen-bond acceptors (Lipinski definition) is 5. The van der Waals surface area contributed by atoms with Crippen LogP contribution in [0.1, 0.15) is 10.6 Å². The molecule has 0 aliphatic carbocycles. The van der Waals surface area contributed by atoms with Crippen LogP contribution in [0.5, 0.6) is 5.75 Å². The van der Waals surface area contributed by atoms with Crippen molar-refractivity contribution in [1.82, 2.24) is 0 Å². The summed E-state index contributed by atoms with van der Waals surface area (Å²) in [5.41, 5.74) is 7.09. The number of rotatable bonds is 5. The van der Waals surface area contributed by atoms with Gasteiger partial charge in [-0.2, -0.15) is 0 Å². The Kier molecular flexibility index (Phi) is 4.10. The number of benzene rings is 1. The van der Waals surface area contributed by atoms with Gasteiger partial charge in [0.15, 0.2) is 0 Å². The van der Waals surface area contributed by atoms with Gasteiger partial charge in [-0.05, 0) is 30.3 Å². The number of hydrogen-bond donors (Lipinski definition) is 1. The molecule has 0 atom stereocenters. The van der Waals surface area contributed by atoms with Crippen LogP contribution in [0.15, 0.2) is 47.4 Å². The maximum atomic E-state index is 11.6. The Hall–Kier alpha value is -2.69. The van der Waals surface area contributed by atoms with Crippen molar-refractivity contribution in [3.05, 3.63) is 48.7 Å². The molecule has 2 N–H and O–H groups in total. The van der Waals surface area contributed by atoms with Gasteiger partial charge in [0, 0.05) is 5.56 Å². The smallest absolute Gasteiger partial charge is 0.374 e. The number of nitrogens with two attached hydrogens (primary N) is 1. The van der Waals surface area contributed by atoms with E-state index in [-0.39, 0.29) is 12.4 Å². The number of ether oxygens (including phenoxy) is 2. The highest BCUT2D eigenvalue weighted by molar-refractivity contribution is 5.87. The maximum absolute atomic E-state index is 11.6.